The van der Waals surface area contributed by atoms with Crippen molar-refractivity contribution in [2.45, 2.75) is 50.8 Å². The van der Waals surface area contributed by atoms with Crippen LogP contribution in [0, 0.1) is 0 Å². The molecule has 0 aromatic carbocycles. The Labute approximate surface area is 156 Å². The topological polar surface area (TPSA) is 121 Å². The molecular weight excluding hydrogens is 348 g/mol. The number of amides is 2. The Kier molecular flexibility index (Phi) is 4.93. The number of nitrogens with zero attached hydrogens (tertiary/aromatic N) is 3. The summed E-state index contributed by atoms with van der Waals surface area (Å²) in [5.74, 6) is 0.0379. The molecule has 0 radical (unpaired) electrons. The number of carbonyl (C=O) groups excluding carboxylic acids is 2. The summed E-state index contributed by atoms with van der Waals surface area (Å²) in [6, 6.07) is 1.23. The third-order valence-corrected chi connectivity index (χ3v) is 5.10. The lowest BCUT2D eigenvalue weighted by Gasteiger charge is -2.26. The number of β-amino-alcohol motifs (C(OH)–C–C–N with tert-alkyl or cyclic N) is 1. The number of anilines is 1. The Morgan fingerprint density at radius 1 is 1.19 bits per heavy atom. The van der Waals surface area contributed by atoms with Gasteiger partial charge in [-0.1, -0.05) is 12.8 Å². The zero-order valence-corrected chi connectivity index (χ0v) is 15.1. The second kappa shape index (κ2) is 7.51. The van der Waals surface area contributed by atoms with E-state index in [0.717, 1.165) is 31.1 Å². The highest BCUT2D eigenvalue weighted by Crippen LogP contribution is 2.21. The number of nitrogens with one attached hydrogen (secondary N) is 3. The number of hydrogen-bond acceptors (Lipinski definition) is 6. The van der Waals surface area contributed by atoms with Crippen LogP contribution in [-0.4, -0.2) is 56.7 Å². The van der Waals surface area contributed by atoms with Crippen molar-refractivity contribution in [1.29, 1.82) is 0 Å². The molecule has 9 heteroatoms. The Bertz CT molecular complexity index is 864. The monoisotopic (exact) mass is 372 g/mol. The van der Waals surface area contributed by atoms with Crippen LogP contribution in [0.15, 0.2) is 12.3 Å². The van der Waals surface area contributed by atoms with Crippen molar-refractivity contribution in [1.82, 2.24) is 25.2 Å². The van der Waals surface area contributed by atoms with Crippen molar-refractivity contribution in [2.75, 3.05) is 18.4 Å². The Morgan fingerprint density at radius 3 is 2.93 bits per heavy atom. The van der Waals surface area contributed by atoms with Gasteiger partial charge in [-0.15, -0.1) is 0 Å². The first-order chi connectivity index (χ1) is 13.1. The molecule has 27 heavy (non-hydrogen) atoms. The molecular formula is C18H24N6O3. The predicted octanol–water partition coefficient (Wildman–Crippen LogP) is 0.396. The van der Waals surface area contributed by atoms with E-state index in [4.69, 9.17) is 0 Å². The Morgan fingerprint density at radius 2 is 2.04 bits per heavy atom. The summed E-state index contributed by atoms with van der Waals surface area (Å²) in [5, 5.41) is 19.2. The molecule has 0 bridgehead atoms. The molecule has 0 unspecified atom stereocenters. The van der Waals surface area contributed by atoms with E-state index < -0.39 is 12.1 Å². The summed E-state index contributed by atoms with van der Waals surface area (Å²) in [4.78, 5) is 33.3. The van der Waals surface area contributed by atoms with E-state index in [1.807, 2.05) is 10.6 Å². The number of fused-ring (bicyclic) bond motifs is 3. The SMILES string of the molecule is O=C1NCCCCCCn2c1cc1cnc(N[C@H]3C[C@@H](O)CNC3=O)nc12. The molecule has 0 aliphatic carbocycles. The number of aromatic nitrogens is 3. The summed E-state index contributed by atoms with van der Waals surface area (Å²) in [6.07, 6.45) is 5.55. The van der Waals surface area contributed by atoms with Gasteiger partial charge in [-0.05, 0) is 18.9 Å². The number of carbonyl (C=O) groups is 2. The second-order valence-electron chi connectivity index (χ2n) is 7.16. The molecule has 1 saturated heterocycles. The maximum atomic E-state index is 12.5. The normalized spacial score (nSPS) is 24.0. The van der Waals surface area contributed by atoms with Gasteiger partial charge in [-0.3, -0.25) is 9.59 Å². The van der Waals surface area contributed by atoms with Gasteiger partial charge in [0.15, 0.2) is 0 Å². The zero-order valence-electron chi connectivity index (χ0n) is 15.1. The highest BCUT2D eigenvalue weighted by atomic mass is 16.3. The number of aryl methyl sites for hydroxylation is 1. The van der Waals surface area contributed by atoms with E-state index in [1.54, 1.807) is 6.20 Å². The Hall–Kier alpha value is -2.68. The molecule has 2 atom stereocenters. The second-order valence-corrected chi connectivity index (χ2v) is 7.16. The molecule has 2 aliphatic rings. The van der Waals surface area contributed by atoms with Crippen LogP contribution in [0.4, 0.5) is 5.95 Å². The largest absolute Gasteiger partial charge is 0.391 e. The molecule has 2 amide bonds. The van der Waals surface area contributed by atoms with Crippen LogP contribution in [0.3, 0.4) is 0 Å². The summed E-state index contributed by atoms with van der Waals surface area (Å²) < 4.78 is 1.93. The van der Waals surface area contributed by atoms with Gasteiger partial charge in [0.2, 0.25) is 11.9 Å². The van der Waals surface area contributed by atoms with Gasteiger partial charge in [0.1, 0.15) is 17.4 Å². The summed E-state index contributed by atoms with van der Waals surface area (Å²) >= 11 is 0. The fraction of sp³-hybridized carbons (Fsp3) is 0.556. The highest BCUT2D eigenvalue weighted by molar-refractivity contribution is 5.98. The minimum absolute atomic E-state index is 0.0980. The molecule has 4 N–H and O–H groups in total. The van der Waals surface area contributed by atoms with E-state index in [0.29, 0.717) is 36.8 Å². The quantitative estimate of drug-likeness (QED) is 0.605. The molecule has 4 rings (SSSR count). The fourth-order valence-corrected chi connectivity index (χ4v) is 3.65. The van der Waals surface area contributed by atoms with Crippen LogP contribution in [0.1, 0.15) is 42.6 Å². The van der Waals surface area contributed by atoms with Gasteiger partial charge in [-0.25, -0.2) is 4.98 Å². The molecule has 4 heterocycles. The van der Waals surface area contributed by atoms with Crippen molar-refractivity contribution in [3.8, 4) is 0 Å². The van der Waals surface area contributed by atoms with Gasteiger partial charge >= 0.3 is 0 Å². The molecule has 1 fully saturated rings. The van der Waals surface area contributed by atoms with Crippen LogP contribution in [0.2, 0.25) is 0 Å². The predicted molar refractivity (Wildman–Crippen MR) is 99.4 cm³/mol. The van der Waals surface area contributed by atoms with Gasteiger partial charge < -0.3 is 25.6 Å². The molecule has 0 spiro atoms. The fourth-order valence-electron chi connectivity index (χ4n) is 3.65. The summed E-state index contributed by atoms with van der Waals surface area (Å²) in [7, 11) is 0. The average molecular weight is 372 g/mol. The van der Waals surface area contributed by atoms with Gasteiger partial charge in [0, 0.05) is 37.6 Å². The first-order valence-corrected chi connectivity index (χ1v) is 9.48. The third kappa shape index (κ3) is 3.73. The molecule has 0 saturated carbocycles. The maximum Gasteiger partial charge on any atom is 0.267 e. The van der Waals surface area contributed by atoms with Gasteiger partial charge in [0.05, 0.1) is 6.10 Å². The minimum Gasteiger partial charge on any atom is -0.391 e. The van der Waals surface area contributed by atoms with Crippen molar-refractivity contribution in [3.63, 3.8) is 0 Å². The zero-order chi connectivity index (χ0) is 18.8. The van der Waals surface area contributed by atoms with E-state index in [-0.39, 0.29) is 18.4 Å². The van der Waals surface area contributed by atoms with E-state index in [1.165, 1.54) is 0 Å². The Balaban J connectivity index is 1.65. The lowest BCUT2D eigenvalue weighted by molar-refractivity contribution is -0.124. The summed E-state index contributed by atoms with van der Waals surface area (Å²) in [6.45, 7) is 1.65. The first kappa shape index (κ1) is 17.7. The maximum absolute atomic E-state index is 12.5. The van der Waals surface area contributed by atoms with E-state index in [2.05, 4.69) is 25.9 Å². The average Bonchev–Trinajstić information content (AvgIpc) is 3.02. The standard InChI is InChI=1S/C18H24N6O3/c25-12-8-13(16(26)20-10-12)22-18-21-9-11-7-14-17(27)19-5-3-1-2-4-6-24(14)15(11)23-18/h7,9,12-13,25H,1-6,8,10H2,(H,19,27)(H,20,26)(H,21,22,23)/t12-,13+/m1/s1. The molecule has 2 aliphatic heterocycles. The van der Waals surface area contributed by atoms with Gasteiger partial charge in [0.25, 0.3) is 5.91 Å². The van der Waals surface area contributed by atoms with Gasteiger partial charge in [-0.2, -0.15) is 4.98 Å². The van der Waals surface area contributed by atoms with Crippen molar-refractivity contribution < 1.29 is 14.7 Å². The van der Waals surface area contributed by atoms with Crippen LogP contribution >= 0.6 is 0 Å². The third-order valence-electron chi connectivity index (χ3n) is 5.10. The number of rotatable bonds is 2. The van der Waals surface area contributed by atoms with Crippen molar-refractivity contribution in [2.24, 2.45) is 0 Å². The lowest BCUT2D eigenvalue weighted by Crippen LogP contribution is -2.50. The minimum atomic E-state index is -0.589. The molecule has 2 aromatic heterocycles. The van der Waals surface area contributed by atoms with E-state index >= 15 is 0 Å². The van der Waals surface area contributed by atoms with Crippen LogP contribution in [-0.2, 0) is 11.3 Å². The number of aliphatic hydroxyl groups excluding tert-OH is 1. The number of hydrogen-bond donors (Lipinski definition) is 4. The number of aliphatic hydroxyl groups is 1. The van der Waals surface area contributed by atoms with E-state index in [9.17, 15) is 14.7 Å². The van der Waals surface area contributed by atoms with Crippen LogP contribution < -0.4 is 16.0 Å². The van der Waals surface area contributed by atoms with Crippen LogP contribution in [0.5, 0.6) is 0 Å². The highest BCUT2D eigenvalue weighted by Gasteiger charge is 2.28. The first-order valence-electron chi connectivity index (χ1n) is 9.48. The van der Waals surface area contributed by atoms with Crippen molar-refractivity contribution in [3.05, 3.63) is 18.0 Å². The molecule has 9 nitrogen and oxygen atoms in total. The number of piperidine rings is 1. The molecule has 144 valence electrons. The smallest absolute Gasteiger partial charge is 0.267 e. The summed E-state index contributed by atoms with van der Waals surface area (Å²) in [5.41, 5.74) is 1.26. The van der Waals surface area contributed by atoms with Crippen LogP contribution in [0.25, 0.3) is 11.0 Å². The lowest BCUT2D eigenvalue weighted by atomic mass is 10.0. The van der Waals surface area contributed by atoms with Crippen molar-refractivity contribution >= 4 is 28.8 Å². The molecule has 2 aromatic rings.